The van der Waals surface area contributed by atoms with Crippen LogP contribution in [0.3, 0.4) is 0 Å². The van der Waals surface area contributed by atoms with Gasteiger partial charge < -0.3 is 19.9 Å². The van der Waals surface area contributed by atoms with Crippen molar-refractivity contribution in [1.29, 1.82) is 0 Å². The average molecular weight is 366 g/mol. The van der Waals surface area contributed by atoms with Crippen LogP contribution in [0, 0.1) is 5.82 Å². The fourth-order valence-electron chi connectivity index (χ4n) is 2.58. The highest BCUT2D eigenvalue weighted by Crippen LogP contribution is 2.22. The molecule has 0 radical (unpaired) electrons. The van der Waals surface area contributed by atoms with Crippen molar-refractivity contribution < 1.29 is 23.6 Å². The van der Waals surface area contributed by atoms with Crippen molar-refractivity contribution >= 4 is 28.5 Å². The van der Waals surface area contributed by atoms with E-state index in [1.54, 1.807) is 36.4 Å². The van der Waals surface area contributed by atoms with Crippen LogP contribution in [0.25, 0.3) is 22.4 Å². The number of amides is 1. The molecule has 2 heterocycles. The third-order valence-electron chi connectivity index (χ3n) is 3.81. The summed E-state index contributed by atoms with van der Waals surface area (Å²) in [5.74, 6) is -2.54. The van der Waals surface area contributed by atoms with E-state index < -0.39 is 17.7 Å². The van der Waals surface area contributed by atoms with Gasteiger partial charge in [-0.1, -0.05) is 6.07 Å². The highest BCUT2D eigenvalue weighted by molar-refractivity contribution is 6.06. The number of halogens is 1. The van der Waals surface area contributed by atoms with Crippen molar-refractivity contribution in [3.05, 3.63) is 65.9 Å². The summed E-state index contributed by atoms with van der Waals surface area (Å²) in [6, 6.07) is 12.2. The molecule has 0 fully saturated rings. The second-order valence-corrected chi connectivity index (χ2v) is 5.68. The molecule has 0 atom stereocenters. The van der Waals surface area contributed by atoms with Crippen molar-refractivity contribution in [3.63, 3.8) is 0 Å². The van der Waals surface area contributed by atoms with Gasteiger partial charge in [-0.25, -0.2) is 9.18 Å². The van der Waals surface area contributed by atoms with Crippen LogP contribution in [0.1, 0.15) is 21.1 Å². The molecule has 0 saturated heterocycles. The van der Waals surface area contributed by atoms with Crippen LogP contribution in [-0.4, -0.2) is 32.1 Å². The van der Waals surface area contributed by atoms with Crippen molar-refractivity contribution in [1.82, 2.24) is 15.1 Å². The van der Waals surface area contributed by atoms with Gasteiger partial charge in [-0.05, 0) is 47.6 Å². The number of aromatic carboxylic acids is 1. The molecule has 3 N–H and O–H groups in total. The van der Waals surface area contributed by atoms with Gasteiger partial charge in [-0.2, -0.15) is 4.98 Å². The molecule has 0 saturated carbocycles. The van der Waals surface area contributed by atoms with Gasteiger partial charge in [0.25, 0.3) is 17.6 Å². The minimum Gasteiger partial charge on any atom is -0.475 e. The second-order valence-electron chi connectivity index (χ2n) is 5.68. The third kappa shape index (κ3) is 3.25. The fraction of sp³-hybridized carbons (Fsp3) is 0. The predicted octanol–water partition coefficient (Wildman–Crippen LogP) is 3.31. The zero-order chi connectivity index (χ0) is 19.0. The van der Waals surface area contributed by atoms with Gasteiger partial charge in [0, 0.05) is 22.2 Å². The number of H-pyrrole nitrogens is 1. The molecular formula is C18H11FN4O4. The minimum atomic E-state index is -1.30. The topological polar surface area (TPSA) is 121 Å². The first-order valence-corrected chi connectivity index (χ1v) is 7.77. The van der Waals surface area contributed by atoms with Crippen LogP contribution < -0.4 is 5.32 Å². The van der Waals surface area contributed by atoms with Crippen LogP contribution in [0.2, 0.25) is 0 Å². The summed E-state index contributed by atoms with van der Waals surface area (Å²) < 4.78 is 18.2. The molecule has 4 rings (SSSR count). The number of anilines is 1. The standard InChI is InChI=1S/C18H11FN4O4/c19-11-4-5-13-10(6-11)8-14(21-13)16(24)20-12-3-1-2-9(7-12)17-22-15(18(25)26)23-27-17/h1-8,21H,(H,20,24)(H,25,26). The Balaban J connectivity index is 1.58. The van der Waals surface area contributed by atoms with Crippen LogP contribution in [0.5, 0.6) is 0 Å². The Morgan fingerprint density at radius 3 is 2.78 bits per heavy atom. The lowest BCUT2D eigenvalue weighted by Crippen LogP contribution is -2.12. The minimum absolute atomic E-state index is 0.0181. The number of aromatic nitrogens is 3. The Bertz CT molecular complexity index is 1180. The maximum Gasteiger partial charge on any atom is 0.377 e. The van der Waals surface area contributed by atoms with Gasteiger partial charge in [0.1, 0.15) is 11.5 Å². The number of benzene rings is 2. The number of nitrogens with zero attached hydrogens (tertiary/aromatic N) is 2. The molecule has 0 unspecified atom stereocenters. The molecule has 0 spiro atoms. The summed E-state index contributed by atoms with van der Waals surface area (Å²) in [7, 11) is 0. The van der Waals surface area contributed by atoms with Crippen molar-refractivity contribution in [3.8, 4) is 11.5 Å². The molecule has 1 amide bonds. The number of aromatic amines is 1. The number of nitrogens with one attached hydrogen (secondary N) is 2. The van der Waals surface area contributed by atoms with E-state index in [9.17, 15) is 14.0 Å². The number of carbonyl (C=O) groups is 2. The molecule has 27 heavy (non-hydrogen) atoms. The maximum atomic E-state index is 13.3. The maximum absolute atomic E-state index is 13.3. The molecule has 0 aliphatic carbocycles. The van der Waals surface area contributed by atoms with E-state index in [0.29, 0.717) is 22.2 Å². The summed E-state index contributed by atoms with van der Waals surface area (Å²) in [5, 5.41) is 15.5. The number of hydrogen-bond acceptors (Lipinski definition) is 5. The number of carboxylic acid groups (broad SMARTS) is 1. The van der Waals surface area contributed by atoms with E-state index in [2.05, 4.69) is 20.4 Å². The summed E-state index contributed by atoms with van der Waals surface area (Å²) in [4.78, 5) is 30.0. The Morgan fingerprint density at radius 2 is 2.00 bits per heavy atom. The van der Waals surface area contributed by atoms with E-state index in [1.165, 1.54) is 12.1 Å². The van der Waals surface area contributed by atoms with E-state index in [1.807, 2.05) is 0 Å². The summed E-state index contributed by atoms with van der Waals surface area (Å²) in [6.07, 6.45) is 0. The van der Waals surface area contributed by atoms with Gasteiger partial charge in [-0.3, -0.25) is 4.79 Å². The zero-order valence-corrected chi connectivity index (χ0v) is 13.6. The number of carbonyl (C=O) groups excluding carboxylic acids is 1. The van der Waals surface area contributed by atoms with E-state index in [-0.39, 0.29) is 17.4 Å². The number of hydrogen-bond donors (Lipinski definition) is 3. The van der Waals surface area contributed by atoms with E-state index in [4.69, 9.17) is 9.63 Å². The zero-order valence-electron chi connectivity index (χ0n) is 13.6. The first-order valence-electron chi connectivity index (χ1n) is 7.77. The smallest absolute Gasteiger partial charge is 0.377 e. The van der Waals surface area contributed by atoms with Gasteiger partial charge in [0.05, 0.1) is 0 Å². The molecule has 0 aliphatic rings. The number of carboxylic acids is 1. The van der Waals surface area contributed by atoms with Crippen LogP contribution in [-0.2, 0) is 0 Å². The first kappa shape index (κ1) is 16.5. The number of rotatable bonds is 4. The van der Waals surface area contributed by atoms with Gasteiger partial charge in [-0.15, -0.1) is 0 Å². The highest BCUT2D eigenvalue weighted by atomic mass is 19.1. The van der Waals surface area contributed by atoms with Crippen LogP contribution in [0.15, 0.2) is 53.1 Å². The molecule has 134 valence electrons. The lowest BCUT2D eigenvalue weighted by molar-refractivity contribution is 0.0680. The monoisotopic (exact) mass is 366 g/mol. The second kappa shape index (κ2) is 6.37. The van der Waals surface area contributed by atoms with Gasteiger partial charge in [0.2, 0.25) is 0 Å². The largest absolute Gasteiger partial charge is 0.475 e. The summed E-state index contributed by atoms with van der Waals surface area (Å²) in [6.45, 7) is 0. The lowest BCUT2D eigenvalue weighted by atomic mass is 10.2. The predicted molar refractivity (Wildman–Crippen MR) is 92.9 cm³/mol. The Morgan fingerprint density at radius 1 is 1.15 bits per heavy atom. The Labute approximate surface area is 150 Å². The van der Waals surface area contributed by atoms with Crippen molar-refractivity contribution in [2.75, 3.05) is 5.32 Å². The lowest BCUT2D eigenvalue weighted by Gasteiger charge is -2.04. The third-order valence-corrected chi connectivity index (χ3v) is 3.81. The van der Waals surface area contributed by atoms with Gasteiger partial charge >= 0.3 is 5.97 Å². The van der Waals surface area contributed by atoms with Crippen molar-refractivity contribution in [2.24, 2.45) is 0 Å². The average Bonchev–Trinajstić information content (AvgIpc) is 3.29. The Hall–Kier alpha value is -4.01. The van der Waals surface area contributed by atoms with Crippen LogP contribution >= 0.6 is 0 Å². The quantitative estimate of drug-likeness (QED) is 0.509. The number of fused-ring (bicyclic) bond motifs is 1. The molecule has 2 aromatic carbocycles. The molecular weight excluding hydrogens is 355 g/mol. The molecule has 2 aromatic heterocycles. The van der Waals surface area contributed by atoms with E-state index in [0.717, 1.165) is 0 Å². The van der Waals surface area contributed by atoms with Crippen molar-refractivity contribution in [2.45, 2.75) is 0 Å². The summed E-state index contributed by atoms with van der Waals surface area (Å²) >= 11 is 0. The molecule has 9 heteroatoms. The van der Waals surface area contributed by atoms with E-state index >= 15 is 0 Å². The molecule has 8 nitrogen and oxygen atoms in total. The first-order chi connectivity index (χ1) is 13.0. The Kier molecular flexibility index (Phi) is 3.88. The van der Waals surface area contributed by atoms with Gasteiger partial charge in [0.15, 0.2) is 0 Å². The van der Waals surface area contributed by atoms with Crippen LogP contribution in [0.4, 0.5) is 10.1 Å². The SMILES string of the molecule is O=C(O)c1noc(-c2cccc(NC(=O)c3cc4cc(F)ccc4[nH]3)c2)n1. The molecule has 0 bridgehead atoms. The highest BCUT2D eigenvalue weighted by Gasteiger charge is 2.15. The summed E-state index contributed by atoms with van der Waals surface area (Å²) in [5.41, 5.74) is 1.80. The normalized spacial score (nSPS) is 10.9. The molecule has 4 aromatic rings. The fourth-order valence-corrected chi connectivity index (χ4v) is 2.58. The molecule has 0 aliphatic heterocycles.